The average molecular weight is 1980 g/mol. The largest absolute Gasteiger partial charge is 0.496 e. The molecule has 23 rings (SSSR count). The van der Waals surface area contributed by atoms with Gasteiger partial charge in [-0.1, -0.05) is 440 Å². The van der Waals surface area contributed by atoms with E-state index in [2.05, 4.69) is 514 Å². The Hall–Kier alpha value is -12.9. The molecule has 2 aliphatic rings. The molecule has 2 saturated heterocycles. The molecule has 0 saturated carbocycles. The van der Waals surface area contributed by atoms with Gasteiger partial charge in [-0.2, -0.15) is 0 Å². The lowest BCUT2D eigenvalue weighted by molar-refractivity contribution is 0.00578. The Bertz CT molecular complexity index is 7690. The first kappa shape index (κ1) is 91.6. The van der Waals surface area contributed by atoms with Gasteiger partial charge in [0, 0.05) is 12.5 Å². The van der Waals surface area contributed by atoms with Gasteiger partial charge in [0.25, 0.3) is 0 Å². The summed E-state index contributed by atoms with van der Waals surface area (Å²) >= 11 is 9.28. The average Bonchev–Trinajstić information content (AvgIpc) is 1.15. The maximum Gasteiger partial charge on any atom is 0.496 e. The van der Waals surface area contributed by atoms with E-state index < -0.39 is 18.3 Å². The molecule has 0 bridgehead atoms. The highest BCUT2D eigenvalue weighted by Gasteiger charge is 2.53. The number of rotatable bonds is 11. The quantitative estimate of drug-likeness (QED) is 0.0735. The van der Waals surface area contributed by atoms with Crippen LogP contribution in [-0.4, -0.2) is 36.6 Å². The lowest BCUT2D eigenvalue weighted by Gasteiger charge is -2.32. The second kappa shape index (κ2) is 39.0. The van der Waals surface area contributed by atoms with Crippen molar-refractivity contribution >= 4 is 177 Å². The molecule has 0 unspecified atom stereocenters. The number of hydrogen-bond acceptors (Lipinski definition) is 4. The standard InChI is InChI=1S/C38H26.C36H23Br.C30H27BO2.C12H8BrI.C8H15BO2.CH4/c1-2-26-18-20-27(21-19-26)28-22-24-30(25-23-28)37-33-13-5-7-15-35(33)38(36-16-8-6-14-34(36)37)32-17-9-11-29-10-3-4-12-31(29)32;37-28-22-20-25(21-23-28)24-16-18-27(19-17-24)35-31-11-3-5-13-33(31)36(34-14-6-4-12-32(34)35)30-15-7-9-26-8-1-2-10-29(26)30;1-29(2)30(3,4)33-31(32-29)28-25-17-9-7-15-23(25)27(24-16-8-10-18-26(24)28)22-19-11-13-20-12-5-6-14-21(20)22;13-11-5-1-9(2-6-11)10-3-7-12(14)8-4-10;1-6-9-10-7(2,3)8(4,5)11-9;/h2-25H,1H2;1-23H;5-19H,1-4H3;1-8H;6H,1H2,2-5H3;1H4. The molecule has 4 nitrogen and oxygen atoms in total. The Morgan fingerprint density at radius 1 is 0.239 bits per heavy atom. The molecule has 0 spiro atoms. The fourth-order valence-electron chi connectivity index (χ4n) is 18.8. The van der Waals surface area contributed by atoms with Crippen LogP contribution in [0.25, 0.3) is 192 Å². The van der Waals surface area contributed by atoms with Crippen molar-refractivity contribution in [1.29, 1.82) is 0 Å². The van der Waals surface area contributed by atoms with Crippen molar-refractivity contribution in [3.8, 4) is 89.0 Å². The molecule has 0 amide bonds. The minimum absolute atomic E-state index is 0. The van der Waals surface area contributed by atoms with Gasteiger partial charge in [0.1, 0.15) is 0 Å². The van der Waals surface area contributed by atoms with Gasteiger partial charge in [-0.15, -0.1) is 6.58 Å². The summed E-state index contributed by atoms with van der Waals surface area (Å²) in [7, 11) is -0.675. The normalized spacial score (nSPS) is 13.9. The second-order valence-corrected chi connectivity index (χ2v) is 39.2. The SMILES string of the molecule is Brc1ccc(-c2ccc(-c3c4ccccc4c(-c4cccc5ccccc45)c4ccccc34)cc2)cc1.Brc1ccc(-c2ccc(I)cc2)cc1.C.C=CB1OC(C)(C)C(C)(C)O1.C=Cc1ccc(-c2ccc(-c3c4ccccc4c(-c4cccc5ccccc45)c4ccccc34)cc2)cc1.CC1(C)OB(c2c3ccccc3c(-c3cccc4ccccc34)c3ccccc23)OC1(C)C. The summed E-state index contributed by atoms with van der Waals surface area (Å²) in [5.74, 6) is 1.68. The minimum atomic E-state index is -0.425. The van der Waals surface area contributed by atoms with Crippen LogP contribution in [0.3, 0.4) is 0 Å². The van der Waals surface area contributed by atoms with Crippen LogP contribution in [0, 0.1) is 3.57 Å². The molecule has 134 heavy (non-hydrogen) atoms. The van der Waals surface area contributed by atoms with Crippen LogP contribution in [0.2, 0.25) is 0 Å². The Morgan fingerprint density at radius 3 is 0.731 bits per heavy atom. The molecule has 0 atom stereocenters. The molecular formula is C125H103B2Br2IO4. The van der Waals surface area contributed by atoms with Crippen LogP contribution in [0.15, 0.2) is 447 Å². The van der Waals surface area contributed by atoms with Crippen LogP contribution in [0.5, 0.6) is 0 Å². The topological polar surface area (TPSA) is 36.9 Å². The van der Waals surface area contributed by atoms with Gasteiger partial charge < -0.3 is 18.6 Å². The summed E-state index contributed by atoms with van der Waals surface area (Å²) < 4.78 is 27.7. The molecule has 21 aromatic carbocycles. The molecule has 9 heteroatoms. The number of benzene rings is 21. The van der Waals surface area contributed by atoms with E-state index >= 15 is 0 Å². The summed E-state index contributed by atoms with van der Waals surface area (Å²) in [6.07, 6.45) is 1.88. The smallest absolute Gasteiger partial charge is 0.400 e. The van der Waals surface area contributed by atoms with Crippen LogP contribution in [0.4, 0.5) is 0 Å². The van der Waals surface area contributed by atoms with Crippen molar-refractivity contribution in [3.63, 3.8) is 0 Å². The molecule has 654 valence electrons. The van der Waals surface area contributed by atoms with Crippen molar-refractivity contribution in [2.24, 2.45) is 0 Å². The van der Waals surface area contributed by atoms with Gasteiger partial charge in [0.2, 0.25) is 0 Å². The number of hydrogen-bond donors (Lipinski definition) is 0. The maximum atomic E-state index is 6.56. The second-order valence-electron chi connectivity index (χ2n) is 36.1. The van der Waals surface area contributed by atoms with Crippen molar-refractivity contribution in [3.05, 3.63) is 456 Å². The minimum Gasteiger partial charge on any atom is -0.400 e. The van der Waals surface area contributed by atoms with E-state index in [0.717, 1.165) is 20.0 Å². The fourth-order valence-corrected chi connectivity index (χ4v) is 19.7. The van der Waals surface area contributed by atoms with Gasteiger partial charge in [-0.25, -0.2) is 0 Å². The van der Waals surface area contributed by atoms with Gasteiger partial charge >= 0.3 is 14.2 Å². The van der Waals surface area contributed by atoms with E-state index in [9.17, 15) is 0 Å². The summed E-state index contributed by atoms with van der Waals surface area (Å²) in [4.78, 5) is 0. The van der Waals surface area contributed by atoms with Gasteiger partial charge in [-0.3, -0.25) is 0 Å². The first-order chi connectivity index (χ1) is 64.6. The van der Waals surface area contributed by atoms with E-state index in [1.54, 1.807) is 5.98 Å². The highest BCUT2D eigenvalue weighted by molar-refractivity contribution is 14.1. The van der Waals surface area contributed by atoms with Crippen LogP contribution in [0.1, 0.15) is 68.4 Å². The highest BCUT2D eigenvalue weighted by atomic mass is 127. The summed E-state index contributed by atoms with van der Waals surface area (Å²) in [6.45, 7) is 24.0. The summed E-state index contributed by atoms with van der Waals surface area (Å²) in [5, 5.41) is 22.6. The van der Waals surface area contributed by atoms with Crippen LogP contribution < -0.4 is 5.46 Å². The molecule has 2 fully saturated rings. The fraction of sp³-hybridized carbons (Fsp3) is 0.104. The first-order valence-electron chi connectivity index (χ1n) is 45.4. The Kier molecular flexibility index (Phi) is 26.6. The van der Waals surface area contributed by atoms with E-state index in [0.29, 0.717) is 0 Å². The van der Waals surface area contributed by atoms with Crippen LogP contribution in [-0.2, 0) is 18.6 Å². The Labute approximate surface area is 818 Å². The number of fused-ring (bicyclic) bond motifs is 9. The van der Waals surface area contributed by atoms with Gasteiger partial charge in [0.15, 0.2) is 0 Å². The summed E-state index contributed by atoms with van der Waals surface area (Å²) in [6, 6.07) is 151. The molecule has 0 radical (unpaired) electrons. The van der Waals surface area contributed by atoms with Crippen molar-refractivity contribution < 1.29 is 18.6 Å². The van der Waals surface area contributed by atoms with Crippen molar-refractivity contribution in [2.45, 2.75) is 85.2 Å². The molecular weight excluding hydrogens is 1870 g/mol. The van der Waals surface area contributed by atoms with E-state index in [4.69, 9.17) is 18.6 Å². The van der Waals surface area contributed by atoms with E-state index in [1.165, 1.54) is 190 Å². The third kappa shape index (κ3) is 18.2. The Balaban J connectivity index is 0.000000119. The van der Waals surface area contributed by atoms with E-state index in [-0.39, 0.29) is 25.7 Å². The Morgan fingerprint density at radius 2 is 0.455 bits per heavy atom. The van der Waals surface area contributed by atoms with Gasteiger partial charge in [0.05, 0.1) is 22.4 Å². The zero-order chi connectivity index (χ0) is 91.7. The molecule has 0 aromatic heterocycles. The van der Waals surface area contributed by atoms with Crippen molar-refractivity contribution in [1.82, 2.24) is 0 Å². The third-order valence-electron chi connectivity index (χ3n) is 27.0. The first-order valence-corrected chi connectivity index (χ1v) is 48.1. The highest BCUT2D eigenvalue weighted by Crippen LogP contribution is 2.50. The monoisotopic (exact) mass is 1970 g/mol. The third-order valence-corrected chi connectivity index (χ3v) is 28.8. The maximum absolute atomic E-state index is 6.56. The van der Waals surface area contributed by atoms with Gasteiger partial charge in [-0.05, 0) is 311 Å². The lowest BCUT2D eigenvalue weighted by atomic mass is 9.71. The predicted molar refractivity (Wildman–Crippen MR) is 594 cm³/mol. The molecule has 0 aliphatic carbocycles. The predicted octanol–water partition coefficient (Wildman–Crippen LogP) is 36.0. The lowest BCUT2D eigenvalue weighted by Crippen LogP contribution is -2.41. The molecule has 21 aromatic rings. The van der Waals surface area contributed by atoms with E-state index in [1.807, 2.05) is 33.8 Å². The molecule has 0 N–H and O–H groups in total. The molecule has 2 heterocycles. The van der Waals surface area contributed by atoms with Crippen molar-refractivity contribution in [2.75, 3.05) is 0 Å². The zero-order valence-electron chi connectivity index (χ0n) is 75.8. The zero-order valence-corrected chi connectivity index (χ0v) is 81.2. The summed E-state index contributed by atoms with van der Waals surface area (Å²) in [5.41, 5.74) is 21.1. The number of halogens is 3. The molecule has 2 aliphatic heterocycles. The van der Waals surface area contributed by atoms with Crippen LogP contribution >= 0.6 is 54.5 Å².